The summed E-state index contributed by atoms with van der Waals surface area (Å²) < 4.78 is 0. The van der Waals surface area contributed by atoms with Gasteiger partial charge in [-0.1, -0.05) is 25.5 Å². The third-order valence-corrected chi connectivity index (χ3v) is 8.09. The van der Waals surface area contributed by atoms with Crippen LogP contribution in [0.1, 0.15) is 65.2 Å². The Morgan fingerprint density at radius 3 is 2.55 bits per heavy atom. The zero-order valence-corrected chi connectivity index (χ0v) is 13.9. The molecule has 0 aliphatic heterocycles. The van der Waals surface area contributed by atoms with Crippen LogP contribution in [0.2, 0.25) is 0 Å². The molecular weight excluding hydrogens is 276 g/mol. The lowest BCUT2D eigenvalue weighted by molar-refractivity contribution is -0.189. The van der Waals surface area contributed by atoms with Crippen molar-refractivity contribution in [3.05, 3.63) is 11.6 Å². The summed E-state index contributed by atoms with van der Waals surface area (Å²) in [5.41, 5.74) is 1.55. The van der Waals surface area contributed by atoms with Gasteiger partial charge in [-0.05, 0) is 67.1 Å². The molecule has 0 amide bonds. The smallest absolute Gasteiger partial charge is 0.166 e. The Balaban J connectivity index is 1.67. The molecular formula is C19H30O3. The minimum atomic E-state index is -1.50. The summed E-state index contributed by atoms with van der Waals surface area (Å²) in [6, 6.07) is 0. The third kappa shape index (κ3) is 1.91. The first-order valence-electron chi connectivity index (χ1n) is 9.09. The normalized spacial score (nSPS) is 53.2. The van der Waals surface area contributed by atoms with Gasteiger partial charge in [-0.3, -0.25) is 0 Å². The first-order chi connectivity index (χ1) is 10.3. The highest BCUT2D eigenvalue weighted by Crippen LogP contribution is 2.65. The van der Waals surface area contributed by atoms with Gasteiger partial charge in [0.2, 0.25) is 0 Å². The molecule has 22 heavy (non-hydrogen) atoms. The van der Waals surface area contributed by atoms with Crippen LogP contribution in [0.25, 0.3) is 0 Å². The SMILES string of the molecule is C[C@]12CCC(O)(O)CC1=CC[C@@H]1[C@H]2CC[C@]2(C)C(O)CC[C@@H]12. The van der Waals surface area contributed by atoms with E-state index in [1.807, 2.05) is 0 Å². The third-order valence-electron chi connectivity index (χ3n) is 8.09. The van der Waals surface area contributed by atoms with Crippen molar-refractivity contribution in [2.45, 2.75) is 77.1 Å². The molecule has 124 valence electrons. The van der Waals surface area contributed by atoms with Crippen molar-refractivity contribution < 1.29 is 15.3 Å². The fraction of sp³-hybridized carbons (Fsp3) is 0.895. The average molecular weight is 306 g/mol. The van der Waals surface area contributed by atoms with Crippen LogP contribution in [-0.2, 0) is 0 Å². The number of aliphatic hydroxyl groups excluding tert-OH is 1. The topological polar surface area (TPSA) is 60.7 Å². The summed E-state index contributed by atoms with van der Waals surface area (Å²) in [6.07, 6.45) is 9.53. The van der Waals surface area contributed by atoms with E-state index in [0.29, 0.717) is 30.6 Å². The van der Waals surface area contributed by atoms with E-state index >= 15 is 0 Å². The second-order valence-corrected chi connectivity index (χ2v) is 9.06. The van der Waals surface area contributed by atoms with E-state index in [-0.39, 0.29) is 16.9 Å². The Hall–Kier alpha value is -0.380. The Labute approximate surface area is 133 Å². The van der Waals surface area contributed by atoms with Crippen molar-refractivity contribution in [2.75, 3.05) is 0 Å². The van der Waals surface area contributed by atoms with Gasteiger partial charge in [0, 0.05) is 12.8 Å². The van der Waals surface area contributed by atoms with Gasteiger partial charge in [0.25, 0.3) is 0 Å². The van der Waals surface area contributed by atoms with Crippen molar-refractivity contribution in [3.8, 4) is 0 Å². The van der Waals surface area contributed by atoms with Gasteiger partial charge in [-0.2, -0.15) is 0 Å². The molecule has 0 radical (unpaired) electrons. The van der Waals surface area contributed by atoms with E-state index in [1.54, 1.807) is 0 Å². The van der Waals surface area contributed by atoms with Gasteiger partial charge in [-0.25, -0.2) is 0 Å². The largest absolute Gasteiger partial charge is 0.393 e. The molecule has 3 saturated carbocycles. The molecule has 0 heterocycles. The van der Waals surface area contributed by atoms with Gasteiger partial charge in [0.05, 0.1) is 6.10 Å². The van der Waals surface area contributed by atoms with Crippen LogP contribution in [0.3, 0.4) is 0 Å². The Morgan fingerprint density at radius 1 is 1.00 bits per heavy atom. The van der Waals surface area contributed by atoms with Crippen molar-refractivity contribution in [2.24, 2.45) is 28.6 Å². The van der Waals surface area contributed by atoms with E-state index in [2.05, 4.69) is 19.9 Å². The lowest BCUT2D eigenvalue weighted by Gasteiger charge is -2.58. The first kappa shape index (κ1) is 15.2. The van der Waals surface area contributed by atoms with Crippen LogP contribution in [-0.4, -0.2) is 27.2 Å². The van der Waals surface area contributed by atoms with Gasteiger partial charge >= 0.3 is 0 Å². The predicted octanol–water partition coefficient (Wildman–Crippen LogP) is 2.99. The molecule has 3 heteroatoms. The molecule has 1 unspecified atom stereocenters. The highest BCUT2D eigenvalue weighted by atomic mass is 16.5. The summed E-state index contributed by atoms with van der Waals surface area (Å²) >= 11 is 0. The number of fused-ring (bicyclic) bond motifs is 5. The van der Waals surface area contributed by atoms with Crippen LogP contribution in [0.4, 0.5) is 0 Å². The summed E-state index contributed by atoms with van der Waals surface area (Å²) in [5, 5.41) is 30.5. The molecule has 0 aromatic carbocycles. The summed E-state index contributed by atoms with van der Waals surface area (Å²) in [7, 11) is 0. The highest BCUT2D eigenvalue weighted by Gasteiger charge is 2.59. The zero-order chi connectivity index (χ0) is 15.8. The molecule has 4 rings (SSSR count). The van der Waals surface area contributed by atoms with Crippen molar-refractivity contribution in [3.63, 3.8) is 0 Å². The monoisotopic (exact) mass is 306 g/mol. The molecule has 3 nitrogen and oxygen atoms in total. The minimum absolute atomic E-state index is 0.120. The lowest BCUT2D eigenvalue weighted by atomic mass is 9.47. The lowest BCUT2D eigenvalue weighted by Crippen LogP contribution is -2.52. The summed E-state index contributed by atoms with van der Waals surface area (Å²) in [5.74, 6) is 0.484. The van der Waals surface area contributed by atoms with E-state index < -0.39 is 5.79 Å². The van der Waals surface area contributed by atoms with Gasteiger partial charge in [-0.15, -0.1) is 0 Å². The van der Waals surface area contributed by atoms with Crippen LogP contribution >= 0.6 is 0 Å². The molecule has 3 fully saturated rings. The first-order valence-corrected chi connectivity index (χ1v) is 9.09. The standard InChI is InChI=1S/C19H30O3/c1-17-9-10-19(21,22)11-12(17)3-4-13-14-5-6-16(20)18(14,2)8-7-15(13)17/h3,13-16,20-22H,4-11H2,1-2H3/t13-,14-,15+,16?,17-,18-/m0/s1. The Bertz CT molecular complexity index is 511. The Morgan fingerprint density at radius 2 is 1.77 bits per heavy atom. The van der Waals surface area contributed by atoms with Gasteiger partial charge < -0.3 is 15.3 Å². The maximum atomic E-state index is 10.5. The quantitative estimate of drug-likeness (QED) is 0.476. The fourth-order valence-electron chi connectivity index (χ4n) is 6.60. The van der Waals surface area contributed by atoms with E-state index in [0.717, 1.165) is 25.7 Å². The number of hydrogen-bond acceptors (Lipinski definition) is 3. The number of hydrogen-bond donors (Lipinski definition) is 3. The average Bonchev–Trinajstić information content (AvgIpc) is 2.76. The molecule has 3 N–H and O–H groups in total. The molecule has 4 aliphatic rings. The summed E-state index contributed by atoms with van der Waals surface area (Å²) in [6.45, 7) is 4.67. The maximum Gasteiger partial charge on any atom is 0.166 e. The minimum Gasteiger partial charge on any atom is -0.393 e. The van der Waals surface area contributed by atoms with Crippen LogP contribution in [0.5, 0.6) is 0 Å². The Kier molecular flexibility index (Phi) is 3.16. The van der Waals surface area contributed by atoms with Crippen molar-refractivity contribution in [1.29, 1.82) is 0 Å². The van der Waals surface area contributed by atoms with E-state index in [4.69, 9.17) is 0 Å². The van der Waals surface area contributed by atoms with Crippen LogP contribution in [0, 0.1) is 28.6 Å². The van der Waals surface area contributed by atoms with Gasteiger partial charge in [0.1, 0.15) is 0 Å². The predicted molar refractivity (Wildman–Crippen MR) is 84.9 cm³/mol. The zero-order valence-electron chi connectivity index (χ0n) is 13.9. The van der Waals surface area contributed by atoms with E-state index in [9.17, 15) is 15.3 Å². The van der Waals surface area contributed by atoms with E-state index in [1.165, 1.54) is 18.4 Å². The second kappa shape index (κ2) is 4.58. The molecule has 0 aromatic rings. The fourth-order valence-corrected chi connectivity index (χ4v) is 6.60. The highest BCUT2D eigenvalue weighted by molar-refractivity contribution is 5.26. The molecule has 0 spiro atoms. The molecule has 4 aliphatic carbocycles. The molecule has 0 aromatic heterocycles. The van der Waals surface area contributed by atoms with Crippen LogP contribution < -0.4 is 0 Å². The number of aliphatic hydroxyl groups is 3. The summed E-state index contributed by atoms with van der Waals surface area (Å²) in [4.78, 5) is 0. The molecule has 0 saturated heterocycles. The maximum absolute atomic E-state index is 10.5. The number of allylic oxidation sites excluding steroid dienone is 1. The molecule has 6 atom stereocenters. The van der Waals surface area contributed by atoms with Crippen LogP contribution in [0.15, 0.2) is 11.6 Å². The second-order valence-electron chi connectivity index (χ2n) is 9.06. The van der Waals surface area contributed by atoms with Crippen molar-refractivity contribution in [1.82, 2.24) is 0 Å². The number of rotatable bonds is 0. The molecule has 0 bridgehead atoms. The van der Waals surface area contributed by atoms with Gasteiger partial charge in [0.15, 0.2) is 5.79 Å². The van der Waals surface area contributed by atoms with Crippen molar-refractivity contribution >= 4 is 0 Å².